The molecule has 0 aliphatic heterocycles. The molecule has 0 radical (unpaired) electrons. The van der Waals surface area contributed by atoms with Gasteiger partial charge in [0, 0.05) is 17.7 Å². The Morgan fingerprint density at radius 2 is 1.95 bits per heavy atom. The molecule has 0 atom stereocenters. The predicted octanol–water partition coefficient (Wildman–Crippen LogP) is 3.67. The molecule has 1 aromatic rings. The van der Waals surface area contributed by atoms with E-state index in [-0.39, 0.29) is 0 Å². The lowest BCUT2D eigenvalue weighted by molar-refractivity contribution is -0.0907. The SMILES string of the molecule is CCOC(OCC)C(N)=NCc1ccc(C)c(Br)c1Cl. The average molecular weight is 364 g/mol. The van der Waals surface area contributed by atoms with E-state index in [1.54, 1.807) is 0 Å². The van der Waals surface area contributed by atoms with Gasteiger partial charge in [0.05, 0.1) is 11.6 Å². The van der Waals surface area contributed by atoms with E-state index in [9.17, 15) is 0 Å². The molecule has 0 bridgehead atoms. The summed E-state index contributed by atoms with van der Waals surface area (Å²) in [4.78, 5) is 4.30. The lowest BCUT2D eigenvalue weighted by atomic mass is 10.1. The second kappa shape index (κ2) is 8.62. The van der Waals surface area contributed by atoms with Crippen LogP contribution < -0.4 is 5.73 Å². The van der Waals surface area contributed by atoms with Gasteiger partial charge in [0.2, 0.25) is 6.29 Å². The van der Waals surface area contributed by atoms with Crippen molar-refractivity contribution in [2.45, 2.75) is 33.6 Å². The van der Waals surface area contributed by atoms with E-state index in [1.807, 2.05) is 32.9 Å². The molecule has 0 unspecified atom stereocenters. The largest absolute Gasteiger partial charge is 0.383 e. The van der Waals surface area contributed by atoms with Crippen molar-refractivity contribution >= 4 is 33.4 Å². The Morgan fingerprint density at radius 3 is 2.50 bits per heavy atom. The normalized spacial score (nSPS) is 12.2. The molecule has 1 aromatic carbocycles. The molecule has 0 amide bonds. The van der Waals surface area contributed by atoms with Crippen molar-refractivity contribution in [3.8, 4) is 0 Å². The molecule has 0 heterocycles. The minimum Gasteiger partial charge on any atom is -0.383 e. The second-order valence-corrected chi connectivity index (χ2v) is 5.32. The van der Waals surface area contributed by atoms with Crippen LogP contribution >= 0.6 is 27.5 Å². The van der Waals surface area contributed by atoms with Crippen LogP contribution in [-0.2, 0) is 16.0 Å². The molecule has 0 fully saturated rings. The van der Waals surface area contributed by atoms with Gasteiger partial charge in [-0.2, -0.15) is 0 Å². The summed E-state index contributed by atoms with van der Waals surface area (Å²) in [6.45, 7) is 7.16. The number of benzene rings is 1. The summed E-state index contributed by atoms with van der Waals surface area (Å²) in [5, 5.41) is 0.658. The summed E-state index contributed by atoms with van der Waals surface area (Å²) in [7, 11) is 0. The number of aryl methyl sites for hydroxylation is 1. The maximum Gasteiger partial charge on any atom is 0.216 e. The van der Waals surface area contributed by atoms with E-state index in [4.69, 9.17) is 26.8 Å². The Hall–Kier alpha value is -0.620. The van der Waals surface area contributed by atoms with Crippen LogP contribution in [-0.4, -0.2) is 25.3 Å². The van der Waals surface area contributed by atoms with E-state index < -0.39 is 6.29 Å². The minimum absolute atomic E-state index is 0.321. The van der Waals surface area contributed by atoms with Gasteiger partial charge in [-0.25, -0.2) is 0 Å². The number of rotatable bonds is 7. The van der Waals surface area contributed by atoms with E-state index in [2.05, 4.69) is 20.9 Å². The Labute approximate surface area is 133 Å². The first-order valence-electron chi connectivity index (χ1n) is 6.47. The van der Waals surface area contributed by atoms with Crippen LogP contribution in [0, 0.1) is 6.92 Å². The first-order valence-corrected chi connectivity index (χ1v) is 7.64. The van der Waals surface area contributed by atoms with Crippen molar-refractivity contribution in [2.75, 3.05) is 13.2 Å². The smallest absolute Gasteiger partial charge is 0.216 e. The van der Waals surface area contributed by atoms with Crippen LogP contribution in [0.15, 0.2) is 21.6 Å². The zero-order valence-electron chi connectivity index (χ0n) is 12.0. The minimum atomic E-state index is -0.599. The van der Waals surface area contributed by atoms with Gasteiger partial charge < -0.3 is 15.2 Å². The molecule has 0 aromatic heterocycles. The van der Waals surface area contributed by atoms with E-state index in [0.717, 1.165) is 15.6 Å². The van der Waals surface area contributed by atoms with Crippen LogP contribution in [0.4, 0.5) is 0 Å². The molecule has 20 heavy (non-hydrogen) atoms. The van der Waals surface area contributed by atoms with Gasteiger partial charge in [0.15, 0.2) is 5.84 Å². The standard InChI is InChI=1S/C14H20BrClN2O2/c1-4-19-14(20-5-2)13(17)18-8-10-7-6-9(3)11(15)12(10)16/h6-7,14H,4-5,8H2,1-3H3,(H2,17,18). The van der Waals surface area contributed by atoms with Crippen LogP contribution in [0.1, 0.15) is 25.0 Å². The highest BCUT2D eigenvalue weighted by Gasteiger charge is 2.13. The Bertz CT molecular complexity index is 474. The molecule has 4 nitrogen and oxygen atoms in total. The van der Waals surface area contributed by atoms with E-state index in [1.165, 1.54) is 0 Å². The Morgan fingerprint density at radius 1 is 1.35 bits per heavy atom. The molecule has 112 valence electrons. The van der Waals surface area contributed by atoms with Crippen molar-refractivity contribution in [1.29, 1.82) is 0 Å². The molecule has 0 saturated carbocycles. The summed E-state index contributed by atoms with van der Waals surface area (Å²) >= 11 is 9.72. The van der Waals surface area contributed by atoms with E-state index in [0.29, 0.717) is 30.6 Å². The average Bonchev–Trinajstić information content (AvgIpc) is 2.43. The maximum absolute atomic E-state index is 6.26. The third-order valence-corrected chi connectivity index (χ3v) is 4.35. The third kappa shape index (κ3) is 4.74. The highest BCUT2D eigenvalue weighted by atomic mass is 79.9. The van der Waals surface area contributed by atoms with Crippen molar-refractivity contribution in [3.05, 3.63) is 32.8 Å². The lowest BCUT2D eigenvalue weighted by Crippen LogP contribution is -2.34. The Balaban J connectivity index is 2.82. The van der Waals surface area contributed by atoms with Gasteiger partial charge in [-0.1, -0.05) is 23.7 Å². The number of amidine groups is 1. The topological polar surface area (TPSA) is 56.8 Å². The van der Waals surface area contributed by atoms with Gasteiger partial charge in [-0.3, -0.25) is 4.99 Å². The molecule has 1 rings (SSSR count). The predicted molar refractivity (Wildman–Crippen MR) is 86.3 cm³/mol. The van der Waals surface area contributed by atoms with Crippen molar-refractivity contribution in [3.63, 3.8) is 0 Å². The van der Waals surface area contributed by atoms with Gasteiger partial charge in [0.1, 0.15) is 0 Å². The van der Waals surface area contributed by atoms with Gasteiger partial charge in [-0.05, 0) is 47.8 Å². The fourth-order valence-corrected chi connectivity index (χ4v) is 2.24. The Kier molecular flexibility index (Phi) is 7.51. The van der Waals surface area contributed by atoms with Crippen molar-refractivity contribution in [1.82, 2.24) is 0 Å². The molecular formula is C14H20BrClN2O2. The number of halogens is 2. The quantitative estimate of drug-likeness (QED) is 0.457. The van der Waals surface area contributed by atoms with Gasteiger partial charge in [-0.15, -0.1) is 0 Å². The monoisotopic (exact) mass is 362 g/mol. The van der Waals surface area contributed by atoms with Crippen LogP contribution in [0.2, 0.25) is 5.02 Å². The zero-order chi connectivity index (χ0) is 15.1. The number of ether oxygens (including phenoxy) is 2. The summed E-state index contributed by atoms with van der Waals surface area (Å²) in [6, 6.07) is 3.93. The summed E-state index contributed by atoms with van der Waals surface area (Å²) in [5.74, 6) is 0.321. The molecule has 0 spiro atoms. The van der Waals surface area contributed by atoms with Crippen LogP contribution in [0.25, 0.3) is 0 Å². The number of nitrogens with zero attached hydrogens (tertiary/aromatic N) is 1. The fraction of sp³-hybridized carbons (Fsp3) is 0.500. The molecular weight excluding hydrogens is 344 g/mol. The number of hydrogen-bond acceptors (Lipinski definition) is 3. The summed E-state index contributed by atoms with van der Waals surface area (Å²) < 4.78 is 11.7. The van der Waals surface area contributed by atoms with Crippen molar-refractivity contribution < 1.29 is 9.47 Å². The first kappa shape index (κ1) is 17.4. The molecule has 0 aliphatic rings. The number of aliphatic imine (C=N–C) groups is 1. The highest BCUT2D eigenvalue weighted by molar-refractivity contribution is 9.10. The summed E-state index contributed by atoms with van der Waals surface area (Å²) in [5.41, 5.74) is 7.88. The highest BCUT2D eigenvalue weighted by Crippen LogP contribution is 2.29. The number of nitrogens with two attached hydrogens (primary N) is 1. The first-order chi connectivity index (χ1) is 9.51. The third-order valence-electron chi connectivity index (χ3n) is 2.66. The summed E-state index contributed by atoms with van der Waals surface area (Å²) in [6.07, 6.45) is -0.599. The molecule has 6 heteroatoms. The maximum atomic E-state index is 6.26. The zero-order valence-corrected chi connectivity index (χ0v) is 14.3. The number of hydrogen-bond donors (Lipinski definition) is 1. The molecule has 0 saturated heterocycles. The second-order valence-electron chi connectivity index (χ2n) is 4.15. The lowest BCUT2D eigenvalue weighted by Gasteiger charge is -2.16. The molecule has 0 aliphatic carbocycles. The van der Waals surface area contributed by atoms with Crippen LogP contribution in [0.5, 0.6) is 0 Å². The van der Waals surface area contributed by atoms with E-state index >= 15 is 0 Å². The van der Waals surface area contributed by atoms with Gasteiger partial charge in [0.25, 0.3) is 0 Å². The fourth-order valence-electron chi connectivity index (χ4n) is 1.58. The molecule has 2 N–H and O–H groups in total. The van der Waals surface area contributed by atoms with Crippen LogP contribution in [0.3, 0.4) is 0 Å². The van der Waals surface area contributed by atoms with Gasteiger partial charge >= 0.3 is 0 Å². The van der Waals surface area contributed by atoms with Crippen molar-refractivity contribution in [2.24, 2.45) is 10.7 Å².